The molecule has 0 N–H and O–H groups in total. The zero-order valence-corrected chi connectivity index (χ0v) is 21.1. The molecule has 3 aromatic carbocycles. The van der Waals surface area contributed by atoms with Crippen molar-refractivity contribution in [2.75, 3.05) is 20.5 Å². The molecule has 0 spiro atoms. The lowest BCUT2D eigenvalue weighted by Gasteiger charge is -2.39. The average molecular weight is 551 g/mol. The van der Waals surface area contributed by atoms with Crippen LogP contribution in [0.25, 0.3) is 0 Å². The number of alkyl halides is 3. The van der Waals surface area contributed by atoms with E-state index in [9.17, 15) is 30.0 Å². The fourth-order valence-electron chi connectivity index (χ4n) is 3.11. The minimum atomic E-state index is -6.11. The minimum absolute atomic E-state index is 0.0214. The van der Waals surface area contributed by atoms with Crippen molar-refractivity contribution < 1.29 is 43.1 Å². The standard InChI is InChI=1S/C22H21F3O7S3/c1-30-16-4-8-19(9-5-16)34(32-35(28,29)22(23,24)25,20-10-6-17(31-2)7-11-20)21-14-12-18(13-15-21)33(3,26)27/h4-15H,1-3H3. The van der Waals surface area contributed by atoms with Crippen LogP contribution < -0.4 is 9.47 Å². The number of halogens is 3. The molecule has 13 heteroatoms. The van der Waals surface area contributed by atoms with Gasteiger partial charge in [-0.25, -0.2) is 8.42 Å². The molecule has 0 atom stereocenters. The fraction of sp³-hybridized carbons (Fsp3) is 0.182. The summed E-state index contributed by atoms with van der Waals surface area (Å²) in [7, 11) is -10.6. The Balaban J connectivity index is 2.41. The molecule has 35 heavy (non-hydrogen) atoms. The van der Waals surface area contributed by atoms with Gasteiger partial charge in [-0.1, -0.05) is 0 Å². The van der Waals surface area contributed by atoms with Crippen molar-refractivity contribution in [1.82, 2.24) is 0 Å². The van der Waals surface area contributed by atoms with Crippen LogP contribution in [0, 0.1) is 0 Å². The fourth-order valence-corrected chi connectivity index (χ4v) is 8.44. The number of sulfone groups is 1. The van der Waals surface area contributed by atoms with Crippen molar-refractivity contribution in [1.29, 1.82) is 0 Å². The van der Waals surface area contributed by atoms with Gasteiger partial charge in [0.15, 0.2) is 9.84 Å². The lowest BCUT2D eigenvalue weighted by atomic mass is 10.3. The summed E-state index contributed by atoms with van der Waals surface area (Å²) in [6, 6.07) is 16.3. The Hall–Kier alpha value is -2.74. The highest BCUT2D eigenvalue weighted by molar-refractivity contribution is 8.33. The second kappa shape index (κ2) is 9.72. The summed E-state index contributed by atoms with van der Waals surface area (Å²) in [6.45, 7) is 0. The maximum atomic E-state index is 13.5. The van der Waals surface area contributed by atoms with Crippen LogP contribution in [0.5, 0.6) is 11.5 Å². The van der Waals surface area contributed by atoms with Crippen LogP contribution in [-0.4, -0.2) is 42.8 Å². The second-order valence-corrected chi connectivity index (χ2v) is 13.6. The molecule has 0 aliphatic carbocycles. The van der Waals surface area contributed by atoms with Gasteiger partial charge in [0.05, 0.1) is 19.1 Å². The Bertz CT molecular complexity index is 1340. The third-order valence-corrected chi connectivity index (χ3v) is 10.9. The van der Waals surface area contributed by atoms with Gasteiger partial charge in [0.1, 0.15) is 11.5 Å². The summed E-state index contributed by atoms with van der Waals surface area (Å²) in [6.07, 6.45) is 0.972. The Labute approximate surface area is 203 Å². The molecule has 0 aliphatic heterocycles. The second-order valence-electron chi connectivity index (χ2n) is 7.12. The van der Waals surface area contributed by atoms with Gasteiger partial charge < -0.3 is 9.47 Å². The molecule has 0 saturated heterocycles. The highest BCUT2D eigenvalue weighted by Gasteiger charge is 2.52. The number of rotatable bonds is 8. The van der Waals surface area contributed by atoms with E-state index in [2.05, 4.69) is 0 Å². The third kappa shape index (κ3) is 5.42. The Morgan fingerprint density at radius 2 is 0.914 bits per heavy atom. The lowest BCUT2D eigenvalue weighted by molar-refractivity contribution is -0.0496. The van der Waals surface area contributed by atoms with Crippen molar-refractivity contribution >= 4 is 30.3 Å². The van der Waals surface area contributed by atoms with Crippen LogP contribution in [0.2, 0.25) is 0 Å². The Morgan fingerprint density at radius 1 is 0.600 bits per heavy atom. The minimum Gasteiger partial charge on any atom is -0.497 e. The van der Waals surface area contributed by atoms with E-state index in [1.54, 1.807) is 0 Å². The summed E-state index contributed by atoms with van der Waals surface area (Å²) >= 11 is 0. The molecule has 0 aromatic heterocycles. The zero-order valence-electron chi connectivity index (χ0n) is 18.6. The van der Waals surface area contributed by atoms with Crippen molar-refractivity contribution in [2.24, 2.45) is 0 Å². The van der Waals surface area contributed by atoms with Gasteiger partial charge in [0.2, 0.25) is 0 Å². The molecule has 0 aliphatic rings. The largest absolute Gasteiger partial charge is 0.524 e. The van der Waals surface area contributed by atoms with E-state index in [4.69, 9.17) is 13.1 Å². The van der Waals surface area contributed by atoms with E-state index in [0.29, 0.717) is 11.5 Å². The maximum absolute atomic E-state index is 13.5. The van der Waals surface area contributed by atoms with Crippen LogP contribution in [0.1, 0.15) is 0 Å². The monoisotopic (exact) mass is 550 g/mol. The van der Waals surface area contributed by atoms with Crippen LogP contribution in [0.4, 0.5) is 13.2 Å². The van der Waals surface area contributed by atoms with Gasteiger partial charge in [0, 0.05) is 20.9 Å². The molecule has 0 saturated carbocycles. The van der Waals surface area contributed by atoms with Crippen molar-refractivity contribution in [3.8, 4) is 11.5 Å². The summed E-state index contributed by atoms with van der Waals surface area (Å²) in [5.41, 5.74) is -5.71. The normalized spacial score (nSPS) is 13.3. The molecule has 190 valence electrons. The number of hydrogen-bond acceptors (Lipinski definition) is 7. The summed E-state index contributed by atoms with van der Waals surface area (Å²) in [4.78, 5) is 0.123. The van der Waals surface area contributed by atoms with E-state index in [1.807, 2.05) is 0 Å². The Morgan fingerprint density at radius 3 is 1.20 bits per heavy atom. The SMILES string of the molecule is COc1ccc(S(OS(=O)(=O)C(F)(F)F)(c2ccc(OC)cc2)c2ccc(S(C)(=O)=O)cc2)cc1. The zero-order chi connectivity index (χ0) is 26.1. The van der Waals surface area contributed by atoms with Crippen LogP contribution in [0.3, 0.4) is 0 Å². The first-order chi connectivity index (χ1) is 16.2. The quantitative estimate of drug-likeness (QED) is 0.357. The predicted octanol–water partition coefficient (Wildman–Crippen LogP) is 5.17. The summed E-state index contributed by atoms with van der Waals surface area (Å²) < 4.78 is 105. The molecular formula is C22H21F3O7S3. The topological polar surface area (TPSA) is 96.0 Å². The molecule has 0 fully saturated rings. The van der Waals surface area contributed by atoms with E-state index in [-0.39, 0.29) is 19.6 Å². The summed E-state index contributed by atoms with van der Waals surface area (Å²) in [5, 5.41) is 0. The predicted molar refractivity (Wildman–Crippen MR) is 124 cm³/mol. The highest BCUT2D eigenvalue weighted by Crippen LogP contribution is 2.70. The lowest BCUT2D eigenvalue weighted by Crippen LogP contribution is -2.27. The molecule has 7 nitrogen and oxygen atoms in total. The van der Waals surface area contributed by atoms with Gasteiger partial charge in [-0.2, -0.15) is 25.2 Å². The molecule has 0 amide bonds. The van der Waals surface area contributed by atoms with Crippen LogP contribution in [0.15, 0.2) is 92.4 Å². The van der Waals surface area contributed by atoms with Crippen molar-refractivity contribution in [2.45, 2.75) is 25.1 Å². The van der Waals surface area contributed by atoms with E-state index >= 15 is 0 Å². The van der Waals surface area contributed by atoms with Crippen LogP contribution in [-0.2, 0) is 23.6 Å². The first-order valence-corrected chi connectivity index (χ1v) is 14.5. The maximum Gasteiger partial charge on any atom is 0.524 e. The number of ether oxygens (including phenoxy) is 2. The number of methoxy groups -OCH3 is 2. The van der Waals surface area contributed by atoms with E-state index < -0.39 is 35.8 Å². The van der Waals surface area contributed by atoms with E-state index in [0.717, 1.165) is 6.26 Å². The highest BCUT2D eigenvalue weighted by atomic mass is 32.3. The van der Waals surface area contributed by atoms with Gasteiger partial charge in [-0.15, -0.1) is 0 Å². The van der Waals surface area contributed by atoms with Crippen LogP contribution >= 0.6 is 10.3 Å². The number of benzene rings is 3. The van der Waals surface area contributed by atoms with Gasteiger partial charge in [-0.05, 0) is 83.1 Å². The average Bonchev–Trinajstić information content (AvgIpc) is 2.81. The molecule has 3 aromatic rings. The molecule has 3 rings (SSSR count). The summed E-state index contributed by atoms with van der Waals surface area (Å²) in [5.74, 6) is 0.755. The van der Waals surface area contributed by atoms with Crippen molar-refractivity contribution in [3.63, 3.8) is 0 Å². The third-order valence-electron chi connectivity index (χ3n) is 4.84. The van der Waals surface area contributed by atoms with Crippen molar-refractivity contribution in [3.05, 3.63) is 72.8 Å². The molecule has 0 bridgehead atoms. The van der Waals surface area contributed by atoms with Gasteiger partial charge >= 0.3 is 15.6 Å². The molecular weight excluding hydrogens is 529 g/mol. The Kier molecular flexibility index (Phi) is 7.46. The molecule has 0 heterocycles. The van der Waals surface area contributed by atoms with E-state index in [1.165, 1.54) is 87.0 Å². The van der Waals surface area contributed by atoms with Gasteiger partial charge in [-0.3, -0.25) is 0 Å². The first-order valence-electron chi connectivity index (χ1n) is 9.68. The first kappa shape index (κ1) is 26.9. The van der Waals surface area contributed by atoms with Gasteiger partial charge in [0.25, 0.3) is 0 Å². The number of hydrogen-bond donors (Lipinski definition) is 0. The molecule has 0 radical (unpaired) electrons. The smallest absolute Gasteiger partial charge is 0.497 e. The molecule has 0 unspecified atom stereocenters.